The highest BCUT2D eigenvalue weighted by Gasteiger charge is 2.20. The van der Waals surface area contributed by atoms with Gasteiger partial charge in [0, 0.05) is 18.7 Å². The molecule has 0 aliphatic rings. The van der Waals surface area contributed by atoms with Crippen LogP contribution in [0, 0.1) is 0 Å². The molecule has 1 aromatic rings. The lowest BCUT2D eigenvalue weighted by Crippen LogP contribution is -2.46. The maximum atomic E-state index is 12.0. The minimum Gasteiger partial charge on any atom is -0.506 e. The predicted octanol–water partition coefficient (Wildman–Crippen LogP) is 2.03. The lowest BCUT2D eigenvalue weighted by Gasteiger charge is -2.23. The van der Waals surface area contributed by atoms with E-state index < -0.39 is 11.9 Å². The van der Waals surface area contributed by atoms with Crippen molar-refractivity contribution in [2.75, 3.05) is 13.1 Å². The van der Waals surface area contributed by atoms with E-state index >= 15 is 0 Å². The quantitative estimate of drug-likeness (QED) is 0.874. The number of nitrogens with one attached hydrogen (secondary N) is 1. The van der Waals surface area contributed by atoms with Crippen LogP contribution in [0.15, 0.2) is 18.2 Å². The van der Waals surface area contributed by atoms with Gasteiger partial charge in [0.15, 0.2) is 0 Å². The summed E-state index contributed by atoms with van der Waals surface area (Å²) in [5, 5.41) is 12.0. The summed E-state index contributed by atoms with van der Waals surface area (Å²) in [5.74, 6) is -0.622. The fourth-order valence-electron chi connectivity index (χ4n) is 1.80. The van der Waals surface area contributed by atoms with E-state index in [1.165, 1.54) is 18.2 Å². The van der Waals surface area contributed by atoms with E-state index in [1.54, 1.807) is 11.8 Å². The lowest BCUT2D eigenvalue weighted by atomic mass is 10.2. The molecule has 0 aliphatic heterocycles. The van der Waals surface area contributed by atoms with Gasteiger partial charge in [-0.25, -0.2) is 0 Å². The zero-order chi connectivity index (χ0) is 15.3. The molecule has 1 rings (SSSR count). The van der Waals surface area contributed by atoms with Crippen LogP contribution >= 0.6 is 11.6 Å². The number of nitrogens with zero attached hydrogens (tertiary/aromatic N) is 1. The van der Waals surface area contributed by atoms with Gasteiger partial charge >= 0.3 is 0 Å². The fraction of sp³-hybridized carbons (Fsp3) is 0.429. The Morgan fingerprint density at radius 3 is 2.45 bits per heavy atom. The number of phenols is 1. The molecule has 0 saturated carbocycles. The van der Waals surface area contributed by atoms with Crippen molar-refractivity contribution in [3.8, 4) is 5.75 Å². The predicted molar refractivity (Wildman–Crippen MR) is 78.0 cm³/mol. The largest absolute Gasteiger partial charge is 0.506 e. The molecule has 2 amide bonds. The summed E-state index contributed by atoms with van der Waals surface area (Å²) >= 11 is 5.75. The summed E-state index contributed by atoms with van der Waals surface area (Å²) < 4.78 is 0. The van der Waals surface area contributed by atoms with Gasteiger partial charge < -0.3 is 15.3 Å². The van der Waals surface area contributed by atoms with Crippen molar-refractivity contribution < 1.29 is 14.7 Å². The highest BCUT2D eigenvalue weighted by Crippen LogP contribution is 2.23. The van der Waals surface area contributed by atoms with E-state index in [4.69, 9.17) is 11.6 Å². The average Bonchev–Trinajstić information content (AvgIpc) is 2.42. The first-order valence-corrected chi connectivity index (χ1v) is 6.86. The zero-order valence-electron chi connectivity index (χ0n) is 11.8. The Bertz CT molecular complexity index is 501. The summed E-state index contributed by atoms with van der Waals surface area (Å²) in [6.07, 6.45) is 0. The molecule has 0 radical (unpaired) electrons. The Morgan fingerprint density at radius 1 is 1.35 bits per heavy atom. The van der Waals surface area contributed by atoms with Gasteiger partial charge in [-0.1, -0.05) is 11.6 Å². The third-order valence-corrected chi connectivity index (χ3v) is 3.31. The standard InChI is InChI=1S/C14H19ClN2O3/c1-4-17(5-2)14(20)9(3)16-13(19)10-6-7-12(18)11(15)8-10/h6-9,18H,4-5H2,1-3H3,(H,16,19). The van der Waals surface area contributed by atoms with Crippen LogP contribution in [0.4, 0.5) is 0 Å². The van der Waals surface area contributed by atoms with Crippen LogP contribution in [0.25, 0.3) is 0 Å². The van der Waals surface area contributed by atoms with E-state index in [1.807, 2.05) is 13.8 Å². The van der Waals surface area contributed by atoms with E-state index in [9.17, 15) is 14.7 Å². The monoisotopic (exact) mass is 298 g/mol. The van der Waals surface area contributed by atoms with Crippen molar-refractivity contribution in [3.05, 3.63) is 28.8 Å². The van der Waals surface area contributed by atoms with Crippen LogP contribution in [0.3, 0.4) is 0 Å². The number of carbonyl (C=O) groups is 2. The number of carbonyl (C=O) groups excluding carboxylic acids is 2. The number of halogens is 1. The fourth-order valence-corrected chi connectivity index (χ4v) is 1.98. The van der Waals surface area contributed by atoms with Crippen molar-refractivity contribution in [2.45, 2.75) is 26.8 Å². The Labute approximate surface area is 123 Å². The van der Waals surface area contributed by atoms with Crippen molar-refractivity contribution in [1.82, 2.24) is 10.2 Å². The molecule has 110 valence electrons. The number of amides is 2. The molecule has 20 heavy (non-hydrogen) atoms. The number of phenolic OH excluding ortho intramolecular Hbond substituents is 1. The number of benzene rings is 1. The van der Waals surface area contributed by atoms with Gasteiger partial charge in [-0.05, 0) is 39.0 Å². The molecular weight excluding hydrogens is 280 g/mol. The highest BCUT2D eigenvalue weighted by atomic mass is 35.5. The summed E-state index contributed by atoms with van der Waals surface area (Å²) in [6.45, 7) is 6.60. The van der Waals surface area contributed by atoms with Crippen LogP contribution in [0.2, 0.25) is 5.02 Å². The SMILES string of the molecule is CCN(CC)C(=O)C(C)NC(=O)c1ccc(O)c(Cl)c1. The maximum Gasteiger partial charge on any atom is 0.251 e. The summed E-state index contributed by atoms with van der Waals surface area (Å²) in [4.78, 5) is 25.7. The molecule has 0 bridgehead atoms. The van der Waals surface area contributed by atoms with Gasteiger partial charge in [0.25, 0.3) is 5.91 Å². The first-order chi connectivity index (χ1) is 9.40. The minimum absolute atomic E-state index is 0.0875. The van der Waals surface area contributed by atoms with Crippen LogP contribution < -0.4 is 5.32 Å². The molecule has 0 heterocycles. The van der Waals surface area contributed by atoms with Crippen LogP contribution in [-0.4, -0.2) is 41.0 Å². The van der Waals surface area contributed by atoms with E-state index in [-0.39, 0.29) is 16.7 Å². The topological polar surface area (TPSA) is 69.6 Å². The normalized spacial score (nSPS) is 11.8. The molecule has 0 fully saturated rings. The second kappa shape index (κ2) is 7.14. The number of hydrogen-bond donors (Lipinski definition) is 2. The number of aromatic hydroxyl groups is 1. The van der Waals surface area contributed by atoms with Gasteiger partial charge in [-0.3, -0.25) is 9.59 Å². The van der Waals surface area contributed by atoms with Gasteiger partial charge in [-0.2, -0.15) is 0 Å². The molecule has 0 spiro atoms. The van der Waals surface area contributed by atoms with Crippen molar-refractivity contribution >= 4 is 23.4 Å². The molecule has 0 aliphatic carbocycles. The first-order valence-electron chi connectivity index (χ1n) is 6.48. The van der Waals surface area contributed by atoms with E-state index in [2.05, 4.69) is 5.32 Å². The summed E-state index contributed by atoms with van der Waals surface area (Å²) in [7, 11) is 0. The van der Waals surface area contributed by atoms with Crippen molar-refractivity contribution in [2.24, 2.45) is 0 Å². The average molecular weight is 299 g/mol. The molecule has 6 heteroatoms. The van der Waals surface area contributed by atoms with Gasteiger partial charge in [0.05, 0.1) is 5.02 Å². The number of likely N-dealkylation sites (N-methyl/N-ethyl adjacent to an activating group) is 1. The Kier molecular flexibility index (Phi) is 5.82. The van der Waals surface area contributed by atoms with E-state index in [0.717, 1.165) is 0 Å². The van der Waals surface area contributed by atoms with Gasteiger partial charge in [-0.15, -0.1) is 0 Å². The molecule has 0 saturated heterocycles. The Balaban J connectivity index is 2.74. The lowest BCUT2D eigenvalue weighted by molar-refractivity contribution is -0.132. The number of rotatable bonds is 5. The molecular formula is C14H19ClN2O3. The molecule has 1 atom stereocenters. The van der Waals surface area contributed by atoms with Gasteiger partial charge in [0.1, 0.15) is 11.8 Å². The molecule has 1 unspecified atom stereocenters. The van der Waals surface area contributed by atoms with Crippen LogP contribution in [0.1, 0.15) is 31.1 Å². The third-order valence-electron chi connectivity index (χ3n) is 3.00. The summed E-state index contributed by atoms with van der Waals surface area (Å²) in [6, 6.07) is 3.54. The van der Waals surface area contributed by atoms with Crippen molar-refractivity contribution in [1.29, 1.82) is 0 Å². The molecule has 2 N–H and O–H groups in total. The zero-order valence-corrected chi connectivity index (χ0v) is 12.6. The molecule has 0 aromatic heterocycles. The maximum absolute atomic E-state index is 12.0. The molecule has 1 aromatic carbocycles. The van der Waals surface area contributed by atoms with Crippen LogP contribution in [0.5, 0.6) is 5.75 Å². The highest BCUT2D eigenvalue weighted by molar-refractivity contribution is 6.32. The van der Waals surface area contributed by atoms with Gasteiger partial charge in [0.2, 0.25) is 5.91 Å². The Hall–Kier alpha value is -1.75. The minimum atomic E-state index is -0.616. The number of hydrogen-bond acceptors (Lipinski definition) is 3. The second-order valence-electron chi connectivity index (χ2n) is 4.37. The van der Waals surface area contributed by atoms with Crippen LogP contribution in [-0.2, 0) is 4.79 Å². The van der Waals surface area contributed by atoms with Crippen molar-refractivity contribution in [3.63, 3.8) is 0 Å². The first kappa shape index (κ1) is 16.3. The smallest absolute Gasteiger partial charge is 0.251 e. The Morgan fingerprint density at radius 2 is 1.95 bits per heavy atom. The second-order valence-corrected chi connectivity index (χ2v) is 4.78. The molecule has 5 nitrogen and oxygen atoms in total. The third kappa shape index (κ3) is 3.87. The summed E-state index contributed by atoms with van der Waals surface area (Å²) in [5.41, 5.74) is 0.298. The van der Waals surface area contributed by atoms with E-state index in [0.29, 0.717) is 18.7 Å².